The third-order valence-corrected chi connectivity index (χ3v) is 2.36. The Morgan fingerprint density at radius 3 is 2.44 bits per heavy atom. The molecule has 0 aliphatic carbocycles. The molecule has 0 saturated heterocycles. The minimum absolute atomic E-state index is 0.380. The van der Waals surface area contributed by atoms with Crippen LogP contribution in [0.25, 0.3) is 0 Å². The number of carbonyl (C=O) groups excluding carboxylic acids is 1. The zero-order chi connectivity index (χ0) is 13.0. The monoisotopic (exact) mass is 262 g/mol. The molecule has 2 amide bonds. The Hall–Kier alpha value is -2.27. The Morgan fingerprint density at radius 2 is 1.83 bits per heavy atom. The number of benzene rings is 1. The number of pyridine rings is 1. The molecule has 1 aromatic heterocycles. The van der Waals surface area contributed by atoms with E-state index in [2.05, 4.69) is 15.6 Å². The first-order valence-corrected chi connectivity index (χ1v) is 5.56. The number of amides is 2. The topological polar surface area (TPSA) is 80.0 Å². The van der Waals surface area contributed by atoms with Crippen molar-refractivity contribution in [2.75, 3.05) is 16.4 Å². The number of urea groups is 1. The molecule has 2 aromatic rings. The van der Waals surface area contributed by atoms with E-state index >= 15 is 0 Å². The Kier molecular flexibility index (Phi) is 3.64. The van der Waals surface area contributed by atoms with E-state index in [1.807, 2.05) is 0 Å². The average molecular weight is 263 g/mol. The fourth-order valence-electron chi connectivity index (χ4n) is 1.29. The zero-order valence-electron chi connectivity index (χ0n) is 9.35. The van der Waals surface area contributed by atoms with Gasteiger partial charge in [-0.25, -0.2) is 9.78 Å². The highest BCUT2D eigenvalue weighted by Crippen LogP contribution is 2.12. The first-order valence-electron chi connectivity index (χ1n) is 5.18. The highest BCUT2D eigenvalue weighted by molar-refractivity contribution is 6.30. The molecular formula is C12H11ClN4O. The molecule has 6 heteroatoms. The molecule has 0 aliphatic rings. The van der Waals surface area contributed by atoms with Crippen molar-refractivity contribution >= 4 is 34.8 Å². The molecule has 0 saturated carbocycles. The number of nitrogens with two attached hydrogens (primary N) is 1. The van der Waals surface area contributed by atoms with Gasteiger partial charge in [0, 0.05) is 17.6 Å². The van der Waals surface area contributed by atoms with Gasteiger partial charge in [-0.05, 0) is 36.4 Å². The standard InChI is InChI=1S/C12H11ClN4O/c13-8-1-6-11(15-7-8)17-12(18)16-10-4-2-9(14)3-5-10/h1-7H,14H2,(H2,15,16,17,18). The lowest BCUT2D eigenvalue weighted by Crippen LogP contribution is -2.19. The number of nitrogen functional groups attached to an aromatic ring is 1. The highest BCUT2D eigenvalue weighted by atomic mass is 35.5. The average Bonchev–Trinajstić information content (AvgIpc) is 2.35. The Bertz CT molecular complexity index is 490. The van der Waals surface area contributed by atoms with Gasteiger partial charge in [0.2, 0.25) is 0 Å². The van der Waals surface area contributed by atoms with Crippen LogP contribution in [0, 0.1) is 0 Å². The summed E-state index contributed by atoms with van der Waals surface area (Å²) < 4.78 is 0. The molecule has 0 fully saturated rings. The fourth-order valence-corrected chi connectivity index (χ4v) is 1.41. The van der Waals surface area contributed by atoms with Gasteiger partial charge in [0.25, 0.3) is 0 Å². The highest BCUT2D eigenvalue weighted by Gasteiger charge is 2.03. The summed E-state index contributed by atoms with van der Waals surface area (Å²) in [4.78, 5) is 15.6. The second-order valence-electron chi connectivity index (χ2n) is 3.56. The predicted molar refractivity (Wildman–Crippen MR) is 72.7 cm³/mol. The number of carbonyl (C=O) groups is 1. The molecule has 1 heterocycles. The van der Waals surface area contributed by atoms with Crippen molar-refractivity contribution in [1.82, 2.24) is 4.98 Å². The molecule has 92 valence electrons. The zero-order valence-corrected chi connectivity index (χ0v) is 10.1. The van der Waals surface area contributed by atoms with Crippen molar-refractivity contribution in [3.05, 3.63) is 47.6 Å². The van der Waals surface area contributed by atoms with E-state index in [0.29, 0.717) is 22.2 Å². The minimum Gasteiger partial charge on any atom is -0.399 e. The van der Waals surface area contributed by atoms with Crippen LogP contribution in [0.15, 0.2) is 42.6 Å². The lowest BCUT2D eigenvalue weighted by atomic mass is 10.3. The van der Waals surface area contributed by atoms with Crippen molar-refractivity contribution in [2.45, 2.75) is 0 Å². The maximum absolute atomic E-state index is 11.6. The molecule has 0 bridgehead atoms. The molecule has 4 N–H and O–H groups in total. The molecule has 2 rings (SSSR count). The number of hydrogen-bond donors (Lipinski definition) is 3. The minimum atomic E-state index is -0.380. The molecule has 0 aliphatic heterocycles. The summed E-state index contributed by atoms with van der Waals surface area (Å²) in [5, 5.41) is 5.75. The van der Waals surface area contributed by atoms with Crippen LogP contribution in [0.2, 0.25) is 5.02 Å². The second-order valence-corrected chi connectivity index (χ2v) is 4.00. The van der Waals surface area contributed by atoms with Crippen molar-refractivity contribution in [1.29, 1.82) is 0 Å². The summed E-state index contributed by atoms with van der Waals surface area (Å²) in [5.41, 5.74) is 6.83. The van der Waals surface area contributed by atoms with Gasteiger partial charge in [-0.2, -0.15) is 0 Å². The fraction of sp³-hybridized carbons (Fsp3) is 0. The Labute approximate surface area is 109 Å². The van der Waals surface area contributed by atoms with E-state index in [9.17, 15) is 4.79 Å². The third-order valence-electron chi connectivity index (χ3n) is 2.14. The van der Waals surface area contributed by atoms with Crippen LogP contribution in [-0.4, -0.2) is 11.0 Å². The first-order chi connectivity index (χ1) is 8.63. The van der Waals surface area contributed by atoms with E-state index in [1.165, 1.54) is 6.20 Å². The van der Waals surface area contributed by atoms with Crippen LogP contribution in [0.1, 0.15) is 0 Å². The summed E-state index contributed by atoms with van der Waals surface area (Å²) >= 11 is 5.69. The van der Waals surface area contributed by atoms with Crippen LogP contribution >= 0.6 is 11.6 Å². The number of hydrogen-bond acceptors (Lipinski definition) is 3. The van der Waals surface area contributed by atoms with Gasteiger partial charge in [-0.1, -0.05) is 11.6 Å². The van der Waals surface area contributed by atoms with Crippen molar-refractivity contribution in [3.63, 3.8) is 0 Å². The van der Waals surface area contributed by atoms with Crippen LogP contribution in [0.4, 0.5) is 22.0 Å². The molecule has 5 nitrogen and oxygen atoms in total. The SMILES string of the molecule is Nc1ccc(NC(=O)Nc2ccc(Cl)cn2)cc1. The quantitative estimate of drug-likeness (QED) is 0.728. The number of nitrogens with zero attached hydrogens (tertiary/aromatic N) is 1. The molecule has 0 unspecified atom stereocenters. The molecule has 0 radical (unpaired) electrons. The van der Waals surface area contributed by atoms with E-state index in [4.69, 9.17) is 17.3 Å². The van der Waals surface area contributed by atoms with Crippen molar-refractivity contribution in [3.8, 4) is 0 Å². The van der Waals surface area contributed by atoms with Crippen LogP contribution in [0.3, 0.4) is 0 Å². The number of halogens is 1. The van der Waals surface area contributed by atoms with E-state index in [1.54, 1.807) is 36.4 Å². The van der Waals surface area contributed by atoms with Gasteiger partial charge in [0.1, 0.15) is 5.82 Å². The molecule has 1 aromatic carbocycles. The lowest BCUT2D eigenvalue weighted by Gasteiger charge is -2.07. The van der Waals surface area contributed by atoms with Gasteiger partial charge in [-0.15, -0.1) is 0 Å². The molecule has 0 atom stereocenters. The maximum Gasteiger partial charge on any atom is 0.324 e. The van der Waals surface area contributed by atoms with Gasteiger partial charge >= 0.3 is 6.03 Å². The van der Waals surface area contributed by atoms with E-state index in [0.717, 1.165) is 0 Å². The summed E-state index contributed by atoms with van der Waals surface area (Å²) in [6.07, 6.45) is 1.46. The van der Waals surface area contributed by atoms with Crippen LogP contribution in [-0.2, 0) is 0 Å². The predicted octanol–water partition coefficient (Wildman–Crippen LogP) is 2.96. The summed E-state index contributed by atoms with van der Waals surface area (Å²) in [7, 11) is 0. The van der Waals surface area contributed by atoms with Crippen molar-refractivity contribution in [2.24, 2.45) is 0 Å². The Morgan fingerprint density at radius 1 is 1.11 bits per heavy atom. The molecular weight excluding hydrogens is 252 g/mol. The normalized spacial score (nSPS) is 9.83. The number of nitrogens with one attached hydrogen (secondary N) is 2. The van der Waals surface area contributed by atoms with Gasteiger partial charge in [0.05, 0.1) is 5.02 Å². The van der Waals surface area contributed by atoms with E-state index in [-0.39, 0.29) is 6.03 Å². The number of aromatic nitrogens is 1. The van der Waals surface area contributed by atoms with Crippen molar-refractivity contribution < 1.29 is 4.79 Å². The first kappa shape index (κ1) is 12.2. The smallest absolute Gasteiger partial charge is 0.324 e. The second kappa shape index (κ2) is 5.37. The maximum atomic E-state index is 11.6. The third kappa shape index (κ3) is 3.36. The molecule has 0 spiro atoms. The molecule has 18 heavy (non-hydrogen) atoms. The number of rotatable bonds is 2. The van der Waals surface area contributed by atoms with E-state index < -0.39 is 0 Å². The summed E-state index contributed by atoms with van der Waals surface area (Å²) in [6.45, 7) is 0. The lowest BCUT2D eigenvalue weighted by molar-refractivity contribution is 0.262. The summed E-state index contributed by atoms with van der Waals surface area (Å²) in [5.74, 6) is 0.423. The summed E-state index contributed by atoms with van der Waals surface area (Å²) in [6, 6.07) is 9.72. The largest absolute Gasteiger partial charge is 0.399 e. The van der Waals surface area contributed by atoms with Crippen LogP contribution in [0.5, 0.6) is 0 Å². The Balaban J connectivity index is 1.96. The van der Waals surface area contributed by atoms with Gasteiger partial charge in [-0.3, -0.25) is 5.32 Å². The number of anilines is 3. The van der Waals surface area contributed by atoms with Gasteiger partial charge in [0.15, 0.2) is 0 Å². The van der Waals surface area contributed by atoms with Gasteiger partial charge < -0.3 is 11.1 Å². The van der Waals surface area contributed by atoms with Crippen LogP contribution < -0.4 is 16.4 Å².